The highest BCUT2D eigenvalue weighted by Crippen LogP contribution is 2.14. The normalized spacial score (nSPS) is 10.6. The van der Waals surface area contributed by atoms with E-state index in [1.54, 1.807) is 6.07 Å². The minimum absolute atomic E-state index is 0.183. The first-order valence-corrected chi connectivity index (χ1v) is 7.86. The summed E-state index contributed by atoms with van der Waals surface area (Å²) in [5.74, 6) is 0.583. The van der Waals surface area contributed by atoms with Crippen LogP contribution in [0.5, 0.6) is 5.75 Å². The summed E-state index contributed by atoms with van der Waals surface area (Å²) >= 11 is 0. The number of anilines is 1. The molecule has 3 rings (SSSR count). The van der Waals surface area contributed by atoms with Crippen LogP contribution >= 0.6 is 0 Å². The van der Waals surface area contributed by atoms with Crippen molar-refractivity contribution in [2.24, 2.45) is 0 Å². The highest BCUT2D eigenvalue weighted by molar-refractivity contribution is 5.93. The number of rotatable bonds is 6. The van der Waals surface area contributed by atoms with Gasteiger partial charge in [0.1, 0.15) is 5.75 Å². The number of nitrogens with one attached hydrogen (secondary N) is 3. The third-order valence-corrected chi connectivity index (χ3v) is 3.64. The maximum absolute atomic E-state index is 12.0. The molecular weight excluding hydrogens is 322 g/mol. The van der Waals surface area contributed by atoms with Gasteiger partial charge in [0.2, 0.25) is 5.91 Å². The lowest BCUT2D eigenvalue weighted by atomic mass is 10.1. The van der Waals surface area contributed by atoms with Crippen molar-refractivity contribution in [3.8, 4) is 5.75 Å². The average molecular weight is 339 g/mol. The van der Waals surface area contributed by atoms with E-state index in [1.807, 2.05) is 30.3 Å². The van der Waals surface area contributed by atoms with Crippen molar-refractivity contribution >= 4 is 22.4 Å². The standard InChI is InChI=1S/C18H17N3O4/c22-16(7-4-10-25-13-5-2-1-3-6-13)19-12-8-9-14-15(11-12)18(24)21-20-17(14)23/h1-3,5-6,8-9,11H,4,7,10H2,(H,19,22)(H,20,23)(H,21,24). The van der Waals surface area contributed by atoms with Crippen molar-refractivity contribution in [3.63, 3.8) is 0 Å². The van der Waals surface area contributed by atoms with Crippen molar-refractivity contribution in [2.75, 3.05) is 11.9 Å². The molecule has 0 aliphatic heterocycles. The molecule has 3 N–H and O–H groups in total. The number of ether oxygens (including phenoxy) is 1. The smallest absolute Gasteiger partial charge is 0.270 e. The maximum Gasteiger partial charge on any atom is 0.270 e. The maximum atomic E-state index is 12.0. The summed E-state index contributed by atoms with van der Waals surface area (Å²) in [6.45, 7) is 0.435. The highest BCUT2D eigenvalue weighted by Gasteiger charge is 2.07. The van der Waals surface area contributed by atoms with E-state index in [1.165, 1.54) is 12.1 Å². The van der Waals surface area contributed by atoms with Crippen molar-refractivity contribution < 1.29 is 9.53 Å². The largest absolute Gasteiger partial charge is 0.494 e. The Balaban J connectivity index is 1.56. The topological polar surface area (TPSA) is 104 Å². The fourth-order valence-electron chi connectivity index (χ4n) is 2.42. The number of fused-ring (bicyclic) bond motifs is 1. The molecule has 1 aromatic heterocycles. The Morgan fingerprint density at radius 2 is 1.68 bits per heavy atom. The second kappa shape index (κ2) is 7.48. The van der Waals surface area contributed by atoms with Gasteiger partial charge in [-0.05, 0) is 36.8 Å². The molecule has 3 aromatic rings. The fraction of sp³-hybridized carbons (Fsp3) is 0.167. The molecule has 0 radical (unpaired) electrons. The number of aromatic amines is 2. The summed E-state index contributed by atoms with van der Waals surface area (Å²) in [5, 5.41) is 7.74. The monoisotopic (exact) mass is 339 g/mol. The van der Waals surface area contributed by atoms with Gasteiger partial charge >= 0.3 is 0 Å². The van der Waals surface area contributed by atoms with Crippen LogP contribution in [0.15, 0.2) is 58.1 Å². The molecule has 0 bridgehead atoms. The van der Waals surface area contributed by atoms with Gasteiger partial charge in [0.15, 0.2) is 0 Å². The first-order chi connectivity index (χ1) is 12.1. The summed E-state index contributed by atoms with van der Waals surface area (Å²) < 4.78 is 5.53. The van der Waals surface area contributed by atoms with E-state index >= 15 is 0 Å². The zero-order valence-corrected chi connectivity index (χ0v) is 13.4. The van der Waals surface area contributed by atoms with Crippen LogP contribution < -0.4 is 21.2 Å². The molecule has 128 valence electrons. The van der Waals surface area contributed by atoms with Gasteiger partial charge in [-0.2, -0.15) is 0 Å². The molecule has 0 fully saturated rings. The first-order valence-electron chi connectivity index (χ1n) is 7.86. The molecule has 0 aliphatic rings. The van der Waals surface area contributed by atoms with Gasteiger partial charge in [-0.15, -0.1) is 0 Å². The average Bonchev–Trinajstić information content (AvgIpc) is 2.63. The zero-order chi connectivity index (χ0) is 17.6. The minimum atomic E-state index is -0.415. The van der Waals surface area contributed by atoms with E-state index < -0.39 is 5.56 Å². The number of aromatic nitrogens is 2. The predicted molar refractivity (Wildman–Crippen MR) is 95.0 cm³/mol. The Hall–Kier alpha value is -3.35. The number of hydrogen-bond acceptors (Lipinski definition) is 4. The minimum Gasteiger partial charge on any atom is -0.494 e. The van der Waals surface area contributed by atoms with E-state index in [4.69, 9.17) is 4.74 Å². The van der Waals surface area contributed by atoms with Crippen molar-refractivity contribution in [2.45, 2.75) is 12.8 Å². The summed E-state index contributed by atoms with van der Waals surface area (Å²) in [7, 11) is 0. The first kappa shape index (κ1) is 16.5. The summed E-state index contributed by atoms with van der Waals surface area (Å²) in [5.41, 5.74) is -0.329. The van der Waals surface area contributed by atoms with Gasteiger partial charge in [0.05, 0.1) is 17.4 Å². The lowest BCUT2D eigenvalue weighted by Gasteiger charge is -2.07. The van der Waals surface area contributed by atoms with Crippen LogP contribution in [0.2, 0.25) is 0 Å². The number of H-pyrrole nitrogens is 2. The third-order valence-electron chi connectivity index (χ3n) is 3.64. The zero-order valence-electron chi connectivity index (χ0n) is 13.4. The van der Waals surface area contributed by atoms with E-state index in [0.29, 0.717) is 18.7 Å². The van der Waals surface area contributed by atoms with E-state index in [2.05, 4.69) is 15.5 Å². The number of benzene rings is 2. The van der Waals surface area contributed by atoms with Crippen LogP contribution in [0.4, 0.5) is 5.69 Å². The lowest BCUT2D eigenvalue weighted by molar-refractivity contribution is -0.116. The molecule has 1 heterocycles. The van der Waals surface area contributed by atoms with Crippen LogP contribution in [-0.4, -0.2) is 22.7 Å². The van der Waals surface area contributed by atoms with Crippen molar-refractivity contribution in [1.29, 1.82) is 0 Å². The lowest BCUT2D eigenvalue weighted by Crippen LogP contribution is -2.19. The molecule has 0 saturated carbocycles. The Kier molecular flexibility index (Phi) is 4.94. The molecule has 7 nitrogen and oxygen atoms in total. The second-order valence-electron chi connectivity index (χ2n) is 5.48. The fourth-order valence-corrected chi connectivity index (χ4v) is 2.42. The van der Waals surface area contributed by atoms with Crippen molar-refractivity contribution in [3.05, 3.63) is 69.2 Å². The molecule has 25 heavy (non-hydrogen) atoms. The van der Waals surface area contributed by atoms with Crippen molar-refractivity contribution in [1.82, 2.24) is 10.2 Å². The van der Waals surface area contributed by atoms with Gasteiger partial charge in [0.25, 0.3) is 11.1 Å². The Labute approximate surface area is 142 Å². The van der Waals surface area contributed by atoms with Gasteiger partial charge in [-0.1, -0.05) is 18.2 Å². The molecule has 0 unspecified atom stereocenters. The van der Waals surface area contributed by atoms with Gasteiger partial charge in [0, 0.05) is 12.1 Å². The number of amides is 1. The Morgan fingerprint density at radius 1 is 0.960 bits per heavy atom. The summed E-state index contributed by atoms with van der Waals surface area (Å²) in [6.07, 6.45) is 0.852. The highest BCUT2D eigenvalue weighted by atomic mass is 16.5. The second-order valence-corrected chi connectivity index (χ2v) is 5.48. The molecule has 0 spiro atoms. The van der Waals surface area contributed by atoms with Crippen LogP contribution in [0.3, 0.4) is 0 Å². The molecule has 0 atom stereocenters. The number of para-hydroxylation sites is 1. The van der Waals surface area contributed by atoms with E-state index in [-0.39, 0.29) is 28.7 Å². The molecule has 2 aromatic carbocycles. The van der Waals surface area contributed by atoms with Crippen LogP contribution in [0, 0.1) is 0 Å². The molecular formula is C18H17N3O4. The van der Waals surface area contributed by atoms with Crippen LogP contribution in [0.1, 0.15) is 12.8 Å². The summed E-state index contributed by atoms with van der Waals surface area (Å²) in [6, 6.07) is 14.0. The molecule has 0 saturated heterocycles. The predicted octanol–water partition coefficient (Wildman–Crippen LogP) is 2.01. The molecule has 0 aliphatic carbocycles. The van der Waals surface area contributed by atoms with E-state index in [0.717, 1.165) is 5.75 Å². The molecule has 7 heteroatoms. The quantitative estimate of drug-likeness (QED) is 0.598. The van der Waals surface area contributed by atoms with Gasteiger partial charge < -0.3 is 10.1 Å². The van der Waals surface area contributed by atoms with E-state index in [9.17, 15) is 14.4 Å². The SMILES string of the molecule is O=C(CCCOc1ccccc1)Nc1ccc2c(=O)[nH][nH]c(=O)c2c1. The Bertz CT molecular complexity index is 992. The number of carbonyl (C=O) groups excluding carboxylic acids is 1. The van der Waals surface area contributed by atoms with Crippen LogP contribution in [-0.2, 0) is 4.79 Å². The summed E-state index contributed by atoms with van der Waals surface area (Å²) in [4.78, 5) is 35.4. The molecule has 1 amide bonds. The van der Waals surface area contributed by atoms with Gasteiger partial charge in [-0.3, -0.25) is 24.6 Å². The third kappa shape index (κ3) is 4.14. The Morgan fingerprint density at radius 3 is 2.44 bits per heavy atom. The van der Waals surface area contributed by atoms with Crippen LogP contribution in [0.25, 0.3) is 10.8 Å². The number of carbonyl (C=O) groups is 1. The van der Waals surface area contributed by atoms with Gasteiger partial charge in [-0.25, -0.2) is 0 Å². The number of hydrogen-bond donors (Lipinski definition) is 3.